The second kappa shape index (κ2) is 4.85. The van der Waals surface area contributed by atoms with E-state index in [9.17, 15) is 0 Å². The van der Waals surface area contributed by atoms with Gasteiger partial charge in [0.25, 0.3) is 0 Å². The fourth-order valence-electron chi connectivity index (χ4n) is 2.27. The molecule has 0 saturated carbocycles. The Hall–Kier alpha value is -1.06. The van der Waals surface area contributed by atoms with Crippen LogP contribution in [0.1, 0.15) is 17.5 Å². The molecule has 1 aliphatic rings. The second-order valence-electron chi connectivity index (χ2n) is 4.55. The highest BCUT2D eigenvalue weighted by Gasteiger charge is 2.21. The van der Waals surface area contributed by atoms with E-state index >= 15 is 0 Å². The summed E-state index contributed by atoms with van der Waals surface area (Å²) < 4.78 is 0. The summed E-state index contributed by atoms with van der Waals surface area (Å²) >= 11 is 0. The zero-order valence-corrected chi connectivity index (χ0v) is 9.69. The van der Waals surface area contributed by atoms with E-state index in [2.05, 4.69) is 17.0 Å². The molecule has 1 fully saturated rings. The lowest BCUT2D eigenvalue weighted by Gasteiger charge is -2.19. The smallest absolute Gasteiger partial charge is 0.0684 e. The van der Waals surface area contributed by atoms with Crippen molar-refractivity contribution in [3.05, 3.63) is 29.3 Å². The van der Waals surface area contributed by atoms with E-state index in [0.29, 0.717) is 5.92 Å². The summed E-state index contributed by atoms with van der Waals surface area (Å²) in [6.07, 6.45) is 1.07. The molecule has 0 spiro atoms. The van der Waals surface area contributed by atoms with Gasteiger partial charge in [-0.1, -0.05) is 6.07 Å². The Morgan fingerprint density at radius 3 is 2.75 bits per heavy atom. The Bertz CT molecular complexity index is 365. The predicted octanol–water partition coefficient (Wildman–Crippen LogP) is 1.31. The number of anilines is 1. The first kappa shape index (κ1) is 11.4. The Labute approximate surface area is 96.3 Å². The van der Waals surface area contributed by atoms with E-state index in [1.807, 2.05) is 13.0 Å². The van der Waals surface area contributed by atoms with Crippen LogP contribution in [0.25, 0.3) is 0 Å². The summed E-state index contributed by atoms with van der Waals surface area (Å²) in [6.45, 7) is 4.36. The fourth-order valence-corrected chi connectivity index (χ4v) is 2.27. The van der Waals surface area contributed by atoms with Crippen molar-refractivity contribution in [2.45, 2.75) is 20.0 Å². The molecule has 0 bridgehead atoms. The van der Waals surface area contributed by atoms with Gasteiger partial charge in [0.05, 0.1) is 6.61 Å². The van der Waals surface area contributed by atoms with E-state index in [1.54, 1.807) is 0 Å². The van der Waals surface area contributed by atoms with Gasteiger partial charge in [-0.05, 0) is 36.6 Å². The van der Waals surface area contributed by atoms with Crippen molar-refractivity contribution in [1.82, 2.24) is 0 Å². The molecule has 1 aromatic carbocycles. The molecule has 1 saturated heterocycles. The van der Waals surface area contributed by atoms with Gasteiger partial charge in [-0.25, -0.2) is 0 Å². The average Bonchev–Trinajstić information content (AvgIpc) is 2.77. The van der Waals surface area contributed by atoms with Crippen LogP contribution in [0.3, 0.4) is 0 Å². The van der Waals surface area contributed by atoms with Gasteiger partial charge < -0.3 is 15.1 Å². The molecule has 2 rings (SSSR count). The molecule has 3 heteroatoms. The highest BCUT2D eigenvalue weighted by Crippen LogP contribution is 2.25. The van der Waals surface area contributed by atoms with Crippen LogP contribution in [-0.2, 0) is 6.61 Å². The lowest BCUT2D eigenvalue weighted by molar-refractivity contribution is 0.238. The summed E-state index contributed by atoms with van der Waals surface area (Å²) in [7, 11) is 0. The monoisotopic (exact) mass is 221 g/mol. The number of hydrogen-bond donors (Lipinski definition) is 2. The second-order valence-corrected chi connectivity index (χ2v) is 4.55. The number of rotatable bonds is 3. The predicted molar refractivity (Wildman–Crippen MR) is 64.5 cm³/mol. The maximum absolute atomic E-state index is 9.11. The molecule has 1 unspecified atom stereocenters. The third-order valence-electron chi connectivity index (χ3n) is 3.41. The van der Waals surface area contributed by atoms with Crippen molar-refractivity contribution in [2.24, 2.45) is 5.92 Å². The van der Waals surface area contributed by atoms with Gasteiger partial charge in [0, 0.05) is 31.3 Å². The minimum Gasteiger partial charge on any atom is -0.396 e. The van der Waals surface area contributed by atoms with E-state index in [-0.39, 0.29) is 13.2 Å². The van der Waals surface area contributed by atoms with E-state index < -0.39 is 0 Å². The van der Waals surface area contributed by atoms with Crippen molar-refractivity contribution < 1.29 is 10.2 Å². The number of aliphatic hydroxyl groups excluding tert-OH is 2. The SMILES string of the molecule is Cc1cc(N2CCC(CO)C2)ccc1CO. The number of aliphatic hydroxyl groups is 2. The maximum atomic E-state index is 9.11. The molecule has 1 heterocycles. The van der Waals surface area contributed by atoms with Crippen molar-refractivity contribution >= 4 is 5.69 Å². The van der Waals surface area contributed by atoms with Crippen LogP contribution in [0.15, 0.2) is 18.2 Å². The minimum absolute atomic E-state index is 0.103. The van der Waals surface area contributed by atoms with Crippen molar-refractivity contribution in [1.29, 1.82) is 0 Å². The summed E-state index contributed by atoms with van der Waals surface area (Å²) in [4.78, 5) is 2.30. The van der Waals surface area contributed by atoms with Crippen LogP contribution in [0.2, 0.25) is 0 Å². The zero-order chi connectivity index (χ0) is 11.5. The molecule has 0 aromatic heterocycles. The molecule has 1 atom stereocenters. The highest BCUT2D eigenvalue weighted by molar-refractivity contribution is 5.51. The molecule has 16 heavy (non-hydrogen) atoms. The van der Waals surface area contributed by atoms with E-state index in [1.165, 1.54) is 5.69 Å². The van der Waals surface area contributed by atoms with Gasteiger partial charge >= 0.3 is 0 Å². The van der Waals surface area contributed by atoms with Crippen LogP contribution < -0.4 is 4.90 Å². The van der Waals surface area contributed by atoms with Gasteiger partial charge in [0.15, 0.2) is 0 Å². The van der Waals surface area contributed by atoms with E-state index in [4.69, 9.17) is 10.2 Å². The number of nitrogens with zero attached hydrogens (tertiary/aromatic N) is 1. The molecule has 1 aromatic rings. The lowest BCUT2D eigenvalue weighted by atomic mass is 10.1. The van der Waals surface area contributed by atoms with Crippen LogP contribution in [0.5, 0.6) is 0 Å². The van der Waals surface area contributed by atoms with Gasteiger partial charge in [0.1, 0.15) is 0 Å². The molecule has 88 valence electrons. The van der Waals surface area contributed by atoms with Crippen molar-refractivity contribution in [3.63, 3.8) is 0 Å². The summed E-state index contributed by atoms with van der Waals surface area (Å²) in [5.41, 5.74) is 3.32. The Balaban J connectivity index is 2.13. The molecular weight excluding hydrogens is 202 g/mol. The molecule has 0 amide bonds. The van der Waals surface area contributed by atoms with E-state index in [0.717, 1.165) is 30.6 Å². The first-order valence-electron chi connectivity index (χ1n) is 5.80. The lowest BCUT2D eigenvalue weighted by Crippen LogP contribution is -2.20. The van der Waals surface area contributed by atoms with Crippen LogP contribution in [0.4, 0.5) is 5.69 Å². The maximum Gasteiger partial charge on any atom is 0.0684 e. The third kappa shape index (κ3) is 2.20. The van der Waals surface area contributed by atoms with Crippen molar-refractivity contribution in [3.8, 4) is 0 Å². The van der Waals surface area contributed by atoms with Gasteiger partial charge in [-0.2, -0.15) is 0 Å². The highest BCUT2D eigenvalue weighted by atomic mass is 16.3. The molecule has 1 aliphatic heterocycles. The Morgan fingerprint density at radius 2 is 2.19 bits per heavy atom. The number of benzene rings is 1. The van der Waals surface area contributed by atoms with Gasteiger partial charge in [0.2, 0.25) is 0 Å². The molecule has 0 radical (unpaired) electrons. The largest absolute Gasteiger partial charge is 0.396 e. The molecule has 3 nitrogen and oxygen atoms in total. The summed E-state index contributed by atoms with van der Waals surface area (Å²) in [6, 6.07) is 6.15. The molecule has 0 aliphatic carbocycles. The normalized spacial score (nSPS) is 20.4. The van der Waals surface area contributed by atoms with Crippen LogP contribution >= 0.6 is 0 Å². The van der Waals surface area contributed by atoms with Crippen LogP contribution in [0, 0.1) is 12.8 Å². The minimum atomic E-state index is 0.103. The number of hydrogen-bond acceptors (Lipinski definition) is 3. The summed E-state index contributed by atoms with van der Waals surface area (Å²) in [5.74, 6) is 0.415. The first-order chi connectivity index (χ1) is 7.74. The Morgan fingerprint density at radius 1 is 1.38 bits per heavy atom. The molecule has 2 N–H and O–H groups in total. The summed E-state index contributed by atoms with van der Waals surface area (Å²) in [5, 5.41) is 18.2. The number of aryl methyl sites for hydroxylation is 1. The van der Waals surface area contributed by atoms with Gasteiger partial charge in [-0.3, -0.25) is 0 Å². The fraction of sp³-hybridized carbons (Fsp3) is 0.538. The van der Waals surface area contributed by atoms with Crippen LogP contribution in [-0.4, -0.2) is 29.9 Å². The quantitative estimate of drug-likeness (QED) is 0.808. The first-order valence-corrected chi connectivity index (χ1v) is 5.80. The third-order valence-corrected chi connectivity index (χ3v) is 3.41. The standard InChI is InChI=1S/C13H19NO2/c1-10-6-13(3-2-12(10)9-16)14-5-4-11(7-14)8-15/h2-3,6,11,15-16H,4-5,7-9H2,1H3. The molecular formula is C13H19NO2. The van der Waals surface area contributed by atoms with Gasteiger partial charge in [-0.15, -0.1) is 0 Å². The zero-order valence-electron chi connectivity index (χ0n) is 9.69. The Kier molecular flexibility index (Phi) is 3.46. The topological polar surface area (TPSA) is 43.7 Å². The average molecular weight is 221 g/mol. The van der Waals surface area contributed by atoms with Crippen molar-refractivity contribution in [2.75, 3.05) is 24.6 Å².